The number of hydrogen-bond acceptors (Lipinski definition) is 5. The number of aromatic nitrogens is 4. The zero-order chi connectivity index (χ0) is 19.7. The van der Waals surface area contributed by atoms with Crippen molar-refractivity contribution in [3.8, 4) is 5.75 Å². The molecule has 7 heteroatoms. The van der Waals surface area contributed by atoms with E-state index in [0.29, 0.717) is 24.7 Å². The molecule has 0 bridgehead atoms. The first kappa shape index (κ1) is 18.4. The van der Waals surface area contributed by atoms with Gasteiger partial charge in [0.15, 0.2) is 11.8 Å². The summed E-state index contributed by atoms with van der Waals surface area (Å²) in [6.45, 7) is 7.33. The molecule has 1 fully saturated rings. The topological polar surface area (TPSA) is 84.0 Å². The molecule has 7 nitrogen and oxygen atoms in total. The number of H-pyrrole nitrogens is 1. The molecule has 1 saturated heterocycles. The average molecular weight is 379 g/mol. The number of carbonyl (C=O) groups excluding carboxylic acids is 1. The van der Waals surface area contributed by atoms with Crippen LogP contribution in [0.4, 0.5) is 0 Å². The van der Waals surface area contributed by atoms with Gasteiger partial charge in [-0.3, -0.25) is 9.89 Å². The summed E-state index contributed by atoms with van der Waals surface area (Å²) in [5.74, 6) is 1.08. The van der Waals surface area contributed by atoms with Crippen LogP contribution in [-0.2, 0) is 4.79 Å². The quantitative estimate of drug-likeness (QED) is 0.753. The van der Waals surface area contributed by atoms with Gasteiger partial charge < -0.3 is 9.64 Å². The Kier molecular flexibility index (Phi) is 4.98. The number of hydrogen-bond donors (Lipinski definition) is 1. The second-order valence-electron chi connectivity index (χ2n) is 7.47. The monoisotopic (exact) mass is 379 g/mol. The molecule has 1 atom stereocenters. The van der Waals surface area contributed by atoms with E-state index in [2.05, 4.69) is 27.1 Å². The maximum atomic E-state index is 12.8. The van der Waals surface area contributed by atoms with Crippen molar-refractivity contribution < 1.29 is 9.53 Å². The van der Waals surface area contributed by atoms with E-state index in [4.69, 9.17) is 4.74 Å². The van der Waals surface area contributed by atoms with Gasteiger partial charge in [0.05, 0.1) is 5.69 Å². The number of carbonyl (C=O) groups is 1. The Morgan fingerprint density at radius 3 is 2.68 bits per heavy atom. The number of benzene rings is 1. The van der Waals surface area contributed by atoms with Gasteiger partial charge in [-0.05, 0) is 56.9 Å². The smallest absolute Gasteiger partial charge is 0.263 e. The maximum absolute atomic E-state index is 12.8. The predicted molar refractivity (Wildman–Crippen MR) is 106 cm³/mol. The molecular formula is C21H25N5O2. The van der Waals surface area contributed by atoms with Crippen LogP contribution in [0.5, 0.6) is 5.75 Å². The number of fused-ring (bicyclic) bond motifs is 1. The number of amides is 1. The van der Waals surface area contributed by atoms with Crippen LogP contribution in [0.2, 0.25) is 0 Å². The third-order valence-electron chi connectivity index (χ3n) is 5.57. The van der Waals surface area contributed by atoms with Crippen molar-refractivity contribution in [2.75, 3.05) is 13.1 Å². The Balaban J connectivity index is 1.37. The van der Waals surface area contributed by atoms with E-state index in [-0.39, 0.29) is 5.91 Å². The van der Waals surface area contributed by atoms with Crippen LogP contribution in [0, 0.1) is 13.8 Å². The molecule has 1 aliphatic rings. The first-order valence-electron chi connectivity index (χ1n) is 9.70. The number of likely N-dealkylation sites (tertiary alicyclic amines) is 1. The van der Waals surface area contributed by atoms with Crippen LogP contribution < -0.4 is 4.74 Å². The van der Waals surface area contributed by atoms with E-state index >= 15 is 0 Å². The van der Waals surface area contributed by atoms with Crippen LogP contribution >= 0.6 is 0 Å². The third-order valence-corrected chi connectivity index (χ3v) is 5.57. The fourth-order valence-corrected chi connectivity index (χ4v) is 3.74. The molecule has 0 radical (unpaired) electrons. The van der Waals surface area contributed by atoms with Crippen LogP contribution in [-0.4, -0.2) is 50.2 Å². The highest BCUT2D eigenvalue weighted by Gasteiger charge is 2.29. The highest BCUT2D eigenvalue weighted by atomic mass is 16.5. The van der Waals surface area contributed by atoms with Gasteiger partial charge in [0.2, 0.25) is 0 Å². The van der Waals surface area contributed by atoms with Crippen LogP contribution in [0.1, 0.15) is 42.5 Å². The second-order valence-corrected chi connectivity index (χ2v) is 7.47. The van der Waals surface area contributed by atoms with Gasteiger partial charge in [0.25, 0.3) is 5.91 Å². The lowest BCUT2D eigenvalue weighted by Crippen LogP contribution is -2.44. The Bertz CT molecular complexity index is 991. The number of rotatable bonds is 4. The first-order chi connectivity index (χ1) is 13.5. The zero-order valence-corrected chi connectivity index (χ0v) is 16.5. The van der Waals surface area contributed by atoms with Gasteiger partial charge in [0, 0.05) is 31.4 Å². The molecule has 4 rings (SSSR count). The Morgan fingerprint density at radius 2 is 1.93 bits per heavy atom. The summed E-state index contributed by atoms with van der Waals surface area (Å²) in [5, 5.41) is 7.33. The normalized spacial score (nSPS) is 16.3. The van der Waals surface area contributed by atoms with E-state index < -0.39 is 6.10 Å². The molecule has 0 aliphatic carbocycles. The molecule has 0 spiro atoms. The van der Waals surface area contributed by atoms with Crippen molar-refractivity contribution >= 4 is 17.1 Å². The highest BCUT2D eigenvalue weighted by Crippen LogP contribution is 2.30. The van der Waals surface area contributed by atoms with Crippen molar-refractivity contribution in [2.24, 2.45) is 0 Å². The number of nitrogens with zero attached hydrogens (tertiary/aromatic N) is 4. The molecule has 3 heterocycles. The summed E-state index contributed by atoms with van der Waals surface area (Å²) in [5.41, 5.74) is 4.87. The van der Waals surface area contributed by atoms with Crippen molar-refractivity contribution in [2.45, 2.75) is 45.6 Å². The summed E-state index contributed by atoms with van der Waals surface area (Å²) in [6, 6.07) is 5.92. The summed E-state index contributed by atoms with van der Waals surface area (Å²) in [7, 11) is 0. The molecule has 1 unspecified atom stereocenters. The summed E-state index contributed by atoms with van der Waals surface area (Å²) in [4.78, 5) is 23.3. The van der Waals surface area contributed by atoms with Gasteiger partial charge in [-0.25, -0.2) is 9.97 Å². The molecule has 1 N–H and O–H groups in total. The van der Waals surface area contributed by atoms with E-state index in [1.807, 2.05) is 36.9 Å². The van der Waals surface area contributed by atoms with E-state index in [9.17, 15) is 4.79 Å². The summed E-state index contributed by atoms with van der Waals surface area (Å²) in [6.07, 6.45) is 4.57. The molecule has 1 aromatic carbocycles. The van der Waals surface area contributed by atoms with Gasteiger partial charge in [-0.15, -0.1) is 0 Å². The molecule has 1 amide bonds. The van der Waals surface area contributed by atoms with E-state index in [1.165, 1.54) is 5.56 Å². The van der Waals surface area contributed by atoms with Gasteiger partial charge in [0.1, 0.15) is 11.3 Å². The van der Waals surface area contributed by atoms with Crippen molar-refractivity contribution in [1.29, 1.82) is 0 Å². The van der Waals surface area contributed by atoms with Crippen LogP contribution in [0.15, 0.2) is 30.6 Å². The van der Waals surface area contributed by atoms with Crippen molar-refractivity contribution in [1.82, 2.24) is 25.1 Å². The minimum absolute atomic E-state index is 0.0333. The second kappa shape index (κ2) is 7.58. The number of nitrogens with one attached hydrogen (secondary N) is 1. The fourth-order valence-electron chi connectivity index (χ4n) is 3.74. The zero-order valence-electron chi connectivity index (χ0n) is 16.5. The predicted octanol–water partition coefficient (Wildman–Crippen LogP) is 3.14. The SMILES string of the molecule is Cc1ccc(OC(C)C(=O)N2CCC(c3[nH]nc4nccnc34)CC2)cc1C. The lowest BCUT2D eigenvalue weighted by atomic mass is 9.93. The van der Waals surface area contributed by atoms with Gasteiger partial charge >= 0.3 is 0 Å². The van der Waals surface area contributed by atoms with Crippen LogP contribution in [0.25, 0.3) is 11.2 Å². The minimum Gasteiger partial charge on any atom is -0.481 e. The first-order valence-corrected chi connectivity index (χ1v) is 9.70. The molecule has 28 heavy (non-hydrogen) atoms. The third kappa shape index (κ3) is 3.56. The molecule has 0 saturated carbocycles. The number of ether oxygens (including phenoxy) is 1. The number of aromatic amines is 1. The lowest BCUT2D eigenvalue weighted by Gasteiger charge is -2.33. The van der Waals surface area contributed by atoms with Gasteiger partial charge in [-0.1, -0.05) is 6.07 Å². The minimum atomic E-state index is -0.502. The van der Waals surface area contributed by atoms with Crippen molar-refractivity contribution in [3.63, 3.8) is 0 Å². The van der Waals surface area contributed by atoms with Gasteiger partial charge in [-0.2, -0.15) is 5.10 Å². The highest BCUT2D eigenvalue weighted by molar-refractivity contribution is 5.81. The summed E-state index contributed by atoms with van der Waals surface area (Å²) >= 11 is 0. The molecular weight excluding hydrogens is 354 g/mol. The number of aryl methyl sites for hydroxylation is 2. The van der Waals surface area contributed by atoms with E-state index in [1.54, 1.807) is 12.4 Å². The Morgan fingerprint density at radius 1 is 1.18 bits per heavy atom. The molecule has 2 aromatic heterocycles. The fraction of sp³-hybridized carbons (Fsp3) is 0.429. The average Bonchev–Trinajstić information content (AvgIpc) is 3.14. The van der Waals surface area contributed by atoms with E-state index in [0.717, 1.165) is 35.4 Å². The summed E-state index contributed by atoms with van der Waals surface area (Å²) < 4.78 is 5.90. The van der Waals surface area contributed by atoms with Crippen LogP contribution in [0.3, 0.4) is 0 Å². The van der Waals surface area contributed by atoms with Crippen molar-refractivity contribution in [3.05, 3.63) is 47.4 Å². The molecule has 1 aliphatic heterocycles. The Labute approximate surface area is 164 Å². The maximum Gasteiger partial charge on any atom is 0.263 e. The largest absolute Gasteiger partial charge is 0.481 e. The molecule has 3 aromatic rings. The Hall–Kier alpha value is -2.96. The standard InChI is InChI=1S/C21H25N5O2/c1-13-4-5-17(12-14(13)2)28-15(3)21(27)26-10-6-16(7-11-26)18-19-20(25-24-18)23-9-8-22-19/h4-5,8-9,12,15-16H,6-7,10-11H2,1-3H3,(H,23,24,25). The molecule has 146 valence electrons. The lowest BCUT2D eigenvalue weighted by molar-refractivity contribution is -0.139. The number of piperidine rings is 1.